The van der Waals surface area contributed by atoms with E-state index in [1.54, 1.807) is 0 Å². The van der Waals surface area contributed by atoms with Crippen molar-refractivity contribution in [2.45, 2.75) is 39.7 Å². The first-order valence-corrected chi connectivity index (χ1v) is 7.22. The second-order valence-electron chi connectivity index (χ2n) is 5.15. The molecule has 0 heterocycles. The van der Waals surface area contributed by atoms with Gasteiger partial charge in [0, 0.05) is 6.04 Å². The second-order valence-corrected chi connectivity index (χ2v) is 5.15. The molecule has 0 aliphatic heterocycles. The average Bonchev–Trinajstić information content (AvgIpc) is 2.47. The van der Waals surface area contributed by atoms with E-state index in [1.807, 2.05) is 45.0 Å². The van der Waals surface area contributed by atoms with Crippen molar-refractivity contribution in [3.63, 3.8) is 0 Å². The molecule has 2 N–H and O–H groups in total. The number of imide groups is 1. The van der Waals surface area contributed by atoms with Gasteiger partial charge >= 0.3 is 12.0 Å². The van der Waals surface area contributed by atoms with Crippen molar-refractivity contribution in [2.24, 2.45) is 0 Å². The summed E-state index contributed by atoms with van der Waals surface area (Å²) in [5.41, 5.74) is 1.91. The van der Waals surface area contributed by atoms with Crippen molar-refractivity contribution in [1.82, 2.24) is 10.6 Å². The summed E-state index contributed by atoms with van der Waals surface area (Å²) >= 11 is 0. The van der Waals surface area contributed by atoms with Gasteiger partial charge in [-0.2, -0.15) is 0 Å². The molecule has 0 aliphatic rings. The third-order valence-electron chi connectivity index (χ3n) is 3.08. The molecule has 6 nitrogen and oxygen atoms in total. The van der Waals surface area contributed by atoms with Crippen LogP contribution in [-0.2, 0) is 20.7 Å². The molecule has 0 aliphatic carbocycles. The smallest absolute Gasteiger partial charge is 0.321 e. The molecule has 22 heavy (non-hydrogen) atoms. The third-order valence-corrected chi connectivity index (χ3v) is 3.08. The molecule has 1 aromatic rings. The van der Waals surface area contributed by atoms with Gasteiger partial charge in [-0.05, 0) is 25.8 Å². The SMILES string of the molecule is CC[C@H](C)NC(=O)NC(=O)COC(=O)Cc1ccc(C)cc1. The first-order chi connectivity index (χ1) is 10.4. The summed E-state index contributed by atoms with van der Waals surface area (Å²) < 4.78 is 4.84. The summed E-state index contributed by atoms with van der Waals surface area (Å²) in [5, 5.41) is 4.69. The predicted octanol–water partition coefficient (Wildman–Crippen LogP) is 1.71. The van der Waals surface area contributed by atoms with Crippen LogP contribution in [0.2, 0.25) is 0 Å². The van der Waals surface area contributed by atoms with Crippen LogP contribution in [0.1, 0.15) is 31.4 Å². The van der Waals surface area contributed by atoms with Gasteiger partial charge in [-0.15, -0.1) is 0 Å². The highest BCUT2D eigenvalue weighted by atomic mass is 16.5. The van der Waals surface area contributed by atoms with E-state index >= 15 is 0 Å². The normalized spacial score (nSPS) is 11.4. The lowest BCUT2D eigenvalue weighted by atomic mass is 10.1. The summed E-state index contributed by atoms with van der Waals surface area (Å²) in [4.78, 5) is 34.5. The number of hydrogen-bond donors (Lipinski definition) is 2. The summed E-state index contributed by atoms with van der Waals surface area (Å²) in [5.74, 6) is -1.17. The highest BCUT2D eigenvalue weighted by Gasteiger charge is 2.12. The second kappa shape index (κ2) is 8.81. The minimum atomic E-state index is -0.655. The van der Waals surface area contributed by atoms with Crippen molar-refractivity contribution >= 4 is 17.9 Å². The summed E-state index contributed by atoms with van der Waals surface area (Å²) in [6, 6.07) is 6.83. The third kappa shape index (κ3) is 6.88. The van der Waals surface area contributed by atoms with E-state index in [0.717, 1.165) is 17.5 Å². The maximum atomic E-state index is 11.6. The molecule has 1 aromatic carbocycles. The Kier molecular flexibility index (Phi) is 7.08. The Labute approximate surface area is 130 Å². The highest BCUT2D eigenvalue weighted by Crippen LogP contribution is 2.04. The van der Waals surface area contributed by atoms with E-state index < -0.39 is 24.5 Å². The van der Waals surface area contributed by atoms with Gasteiger partial charge in [-0.25, -0.2) is 4.79 Å². The van der Waals surface area contributed by atoms with Crippen LogP contribution in [-0.4, -0.2) is 30.6 Å². The van der Waals surface area contributed by atoms with E-state index in [2.05, 4.69) is 10.6 Å². The minimum absolute atomic E-state index is 0.0307. The van der Waals surface area contributed by atoms with E-state index in [-0.39, 0.29) is 12.5 Å². The average molecular weight is 306 g/mol. The van der Waals surface area contributed by atoms with Gasteiger partial charge < -0.3 is 10.1 Å². The molecule has 6 heteroatoms. The van der Waals surface area contributed by atoms with Crippen LogP contribution in [0.4, 0.5) is 4.79 Å². The zero-order valence-electron chi connectivity index (χ0n) is 13.1. The highest BCUT2D eigenvalue weighted by molar-refractivity contribution is 5.95. The van der Waals surface area contributed by atoms with Crippen LogP contribution in [0.3, 0.4) is 0 Å². The molecule has 0 saturated carbocycles. The van der Waals surface area contributed by atoms with E-state index in [1.165, 1.54) is 0 Å². The van der Waals surface area contributed by atoms with E-state index in [9.17, 15) is 14.4 Å². The molecule has 0 fully saturated rings. The fraction of sp³-hybridized carbons (Fsp3) is 0.438. The molecule has 3 amide bonds. The largest absolute Gasteiger partial charge is 0.455 e. The molecular formula is C16H22N2O4. The van der Waals surface area contributed by atoms with Crippen LogP contribution in [0.5, 0.6) is 0 Å². The van der Waals surface area contributed by atoms with Gasteiger partial charge in [0.1, 0.15) is 0 Å². The Bertz CT molecular complexity index is 525. The van der Waals surface area contributed by atoms with Gasteiger partial charge in [0.05, 0.1) is 6.42 Å². The van der Waals surface area contributed by atoms with E-state index in [0.29, 0.717) is 0 Å². The Balaban J connectivity index is 2.30. The number of amides is 3. The Hall–Kier alpha value is -2.37. The summed E-state index contributed by atoms with van der Waals surface area (Å²) in [6.45, 7) is 5.22. The Morgan fingerprint density at radius 2 is 1.82 bits per heavy atom. The van der Waals surface area contributed by atoms with E-state index in [4.69, 9.17) is 4.74 Å². The predicted molar refractivity (Wildman–Crippen MR) is 82.3 cm³/mol. The van der Waals surface area contributed by atoms with Gasteiger partial charge in [-0.1, -0.05) is 36.8 Å². The zero-order chi connectivity index (χ0) is 16.5. The number of ether oxygens (including phenoxy) is 1. The molecule has 0 aromatic heterocycles. The molecule has 1 atom stereocenters. The zero-order valence-corrected chi connectivity index (χ0v) is 13.1. The van der Waals surface area contributed by atoms with Crippen LogP contribution >= 0.6 is 0 Å². The van der Waals surface area contributed by atoms with Crippen LogP contribution in [0.15, 0.2) is 24.3 Å². The number of esters is 1. The van der Waals surface area contributed by atoms with Crippen molar-refractivity contribution in [1.29, 1.82) is 0 Å². The lowest BCUT2D eigenvalue weighted by Gasteiger charge is -2.11. The lowest BCUT2D eigenvalue weighted by Crippen LogP contribution is -2.44. The Morgan fingerprint density at radius 3 is 2.41 bits per heavy atom. The monoisotopic (exact) mass is 306 g/mol. The minimum Gasteiger partial charge on any atom is -0.455 e. The number of carbonyl (C=O) groups excluding carboxylic acids is 3. The lowest BCUT2D eigenvalue weighted by molar-refractivity contribution is -0.147. The Morgan fingerprint density at radius 1 is 1.18 bits per heavy atom. The number of urea groups is 1. The molecule has 0 saturated heterocycles. The fourth-order valence-corrected chi connectivity index (χ4v) is 1.59. The van der Waals surface area contributed by atoms with Gasteiger partial charge in [0.2, 0.25) is 0 Å². The van der Waals surface area contributed by atoms with Crippen molar-refractivity contribution < 1.29 is 19.1 Å². The number of rotatable bonds is 6. The number of nitrogens with one attached hydrogen (secondary N) is 2. The fourth-order valence-electron chi connectivity index (χ4n) is 1.59. The van der Waals surface area contributed by atoms with Crippen molar-refractivity contribution in [2.75, 3.05) is 6.61 Å². The van der Waals surface area contributed by atoms with Gasteiger partial charge in [-0.3, -0.25) is 14.9 Å². The maximum absolute atomic E-state index is 11.6. The van der Waals surface area contributed by atoms with Crippen molar-refractivity contribution in [3.05, 3.63) is 35.4 Å². The van der Waals surface area contributed by atoms with Crippen LogP contribution < -0.4 is 10.6 Å². The quantitative estimate of drug-likeness (QED) is 0.784. The summed E-state index contributed by atoms with van der Waals surface area (Å²) in [6.07, 6.45) is 0.847. The van der Waals surface area contributed by atoms with Crippen LogP contribution in [0.25, 0.3) is 0 Å². The standard InChI is InChI=1S/C16H22N2O4/c1-4-12(3)17-16(21)18-14(19)10-22-15(20)9-13-7-5-11(2)6-8-13/h5-8,12H,4,9-10H2,1-3H3,(H2,17,18,19,21)/t12-/m0/s1. The summed E-state index contributed by atoms with van der Waals surface area (Å²) in [7, 11) is 0. The van der Waals surface area contributed by atoms with Gasteiger partial charge in [0.15, 0.2) is 6.61 Å². The van der Waals surface area contributed by atoms with Gasteiger partial charge in [0.25, 0.3) is 5.91 Å². The van der Waals surface area contributed by atoms with Crippen LogP contribution in [0, 0.1) is 6.92 Å². The van der Waals surface area contributed by atoms with Crippen molar-refractivity contribution in [3.8, 4) is 0 Å². The topological polar surface area (TPSA) is 84.5 Å². The molecule has 120 valence electrons. The molecule has 0 spiro atoms. The number of aryl methyl sites for hydroxylation is 1. The number of benzene rings is 1. The molecule has 1 rings (SSSR count). The first-order valence-electron chi connectivity index (χ1n) is 7.22. The maximum Gasteiger partial charge on any atom is 0.321 e. The molecule has 0 radical (unpaired) electrons. The first kappa shape index (κ1) is 17.7. The molecular weight excluding hydrogens is 284 g/mol. The molecule has 0 unspecified atom stereocenters. The number of hydrogen-bond acceptors (Lipinski definition) is 4. The molecule has 0 bridgehead atoms. The number of carbonyl (C=O) groups is 3.